The normalized spacial score (nSPS) is 11.9. The summed E-state index contributed by atoms with van der Waals surface area (Å²) >= 11 is 1.49. The average molecular weight is 270 g/mol. The Hall–Kier alpha value is -1.56. The van der Waals surface area contributed by atoms with E-state index in [1.807, 2.05) is 6.92 Å². The zero-order valence-corrected chi connectivity index (χ0v) is 11.6. The summed E-state index contributed by atoms with van der Waals surface area (Å²) < 4.78 is 4.64. The number of esters is 1. The van der Waals surface area contributed by atoms with Crippen LogP contribution in [-0.4, -0.2) is 25.5 Å². The van der Waals surface area contributed by atoms with Crippen molar-refractivity contribution in [1.29, 1.82) is 0 Å². The molecule has 1 aromatic heterocycles. The maximum absolute atomic E-state index is 11.3. The Morgan fingerprint density at radius 2 is 2.22 bits per heavy atom. The van der Waals surface area contributed by atoms with E-state index in [9.17, 15) is 9.59 Å². The highest BCUT2D eigenvalue weighted by molar-refractivity contribution is 7.16. The molecule has 1 atom stereocenters. The molecule has 18 heavy (non-hydrogen) atoms. The van der Waals surface area contributed by atoms with E-state index in [2.05, 4.69) is 10.1 Å². The van der Waals surface area contributed by atoms with Crippen LogP contribution in [0.25, 0.3) is 0 Å². The van der Waals surface area contributed by atoms with Gasteiger partial charge in [-0.3, -0.25) is 9.59 Å². The van der Waals surface area contributed by atoms with E-state index in [-0.39, 0.29) is 11.9 Å². The quantitative estimate of drug-likeness (QED) is 0.770. The lowest BCUT2D eigenvalue weighted by Crippen LogP contribution is -2.22. The lowest BCUT2D eigenvalue weighted by atomic mass is 10.2. The van der Waals surface area contributed by atoms with Gasteiger partial charge < -0.3 is 15.8 Å². The Morgan fingerprint density at radius 1 is 1.56 bits per heavy atom. The topological polar surface area (TPSA) is 81.4 Å². The van der Waals surface area contributed by atoms with E-state index in [1.54, 1.807) is 13.0 Å². The van der Waals surface area contributed by atoms with E-state index in [0.717, 1.165) is 16.3 Å². The first kappa shape index (κ1) is 14.5. The molecule has 0 aliphatic heterocycles. The SMILES string of the molecule is CCc1cc(C(N)=O)c(NCC(C)C(=O)OC)s1. The van der Waals surface area contributed by atoms with E-state index in [0.29, 0.717) is 12.1 Å². The molecule has 0 aliphatic rings. The molecule has 100 valence electrons. The van der Waals surface area contributed by atoms with Crippen molar-refractivity contribution < 1.29 is 14.3 Å². The zero-order valence-electron chi connectivity index (χ0n) is 10.8. The molecule has 0 aromatic carbocycles. The van der Waals surface area contributed by atoms with Gasteiger partial charge in [0.25, 0.3) is 5.91 Å². The van der Waals surface area contributed by atoms with Gasteiger partial charge in [-0.15, -0.1) is 11.3 Å². The van der Waals surface area contributed by atoms with Crippen molar-refractivity contribution in [3.63, 3.8) is 0 Å². The monoisotopic (exact) mass is 270 g/mol. The Bertz CT molecular complexity index is 443. The maximum atomic E-state index is 11.3. The molecule has 0 radical (unpaired) electrons. The summed E-state index contributed by atoms with van der Waals surface area (Å²) in [5, 5.41) is 3.80. The van der Waals surface area contributed by atoms with Gasteiger partial charge in [0.05, 0.1) is 18.6 Å². The Kier molecular flexibility index (Phi) is 5.15. The minimum absolute atomic E-state index is 0.275. The van der Waals surface area contributed by atoms with E-state index < -0.39 is 5.91 Å². The van der Waals surface area contributed by atoms with Crippen molar-refractivity contribution in [3.8, 4) is 0 Å². The summed E-state index contributed by atoms with van der Waals surface area (Å²) in [5.41, 5.74) is 5.79. The fourth-order valence-electron chi connectivity index (χ4n) is 1.46. The van der Waals surface area contributed by atoms with Crippen LogP contribution >= 0.6 is 11.3 Å². The molecule has 1 unspecified atom stereocenters. The number of thiophene rings is 1. The van der Waals surface area contributed by atoms with Gasteiger partial charge >= 0.3 is 5.97 Å². The highest BCUT2D eigenvalue weighted by Crippen LogP contribution is 2.28. The molecular formula is C12H18N2O3S. The summed E-state index contributed by atoms with van der Waals surface area (Å²) in [7, 11) is 1.36. The summed E-state index contributed by atoms with van der Waals surface area (Å²) in [5.74, 6) is -1.02. The number of hydrogen-bond donors (Lipinski definition) is 2. The molecule has 1 aromatic rings. The van der Waals surface area contributed by atoms with Crippen molar-refractivity contribution in [3.05, 3.63) is 16.5 Å². The molecule has 0 bridgehead atoms. The second-order valence-electron chi connectivity index (χ2n) is 3.98. The van der Waals surface area contributed by atoms with Gasteiger partial charge in [-0.05, 0) is 12.5 Å². The molecule has 1 rings (SSSR count). The smallest absolute Gasteiger partial charge is 0.310 e. The third kappa shape index (κ3) is 3.46. The minimum Gasteiger partial charge on any atom is -0.469 e. The molecule has 5 nitrogen and oxygen atoms in total. The van der Waals surface area contributed by atoms with Crippen LogP contribution in [0.4, 0.5) is 5.00 Å². The number of methoxy groups -OCH3 is 1. The van der Waals surface area contributed by atoms with Crippen LogP contribution in [-0.2, 0) is 16.0 Å². The number of carbonyl (C=O) groups excluding carboxylic acids is 2. The van der Waals surface area contributed by atoms with Crippen molar-refractivity contribution in [1.82, 2.24) is 0 Å². The average Bonchev–Trinajstić information content (AvgIpc) is 2.78. The van der Waals surface area contributed by atoms with Gasteiger partial charge in [0, 0.05) is 11.4 Å². The van der Waals surface area contributed by atoms with Gasteiger partial charge in [0.15, 0.2) is 0 Å². The number of ether oxygens (including phenoxy) is 1. The second kappa shape index (κ2) is 6.39. The van der Waals surface area contributed by atoms with Crippen molar-refractivity contribution in [2.24, 2.45) is 11.7 Å². The van der Waals surface area contributed by atoms with Gasteiger partial charge in [-0.1, -0.05) is 13.8 Å². The Morgan fingerprint density at radius 3 is 2.72 bits per heavy atom. The molecule has 3 N–H and O–H groups in total. The van der Waals surface area contributed by atoms with Crippen LogP contribution in [0, 0.1) is 5.92 Å². The van der Waals surface area contributed by atoms with Crippen LogP contribution in [0.3, 0.4) is 0 Å². The molecule has 1 amide bonds. The first-order chi connectivity index (χ1) is 8.49. The standard InChI is InChI=1S/C12H18N2O3S/c1-4-8-5-9(10(13)15)11(18-8)14-6-7(2)12(16)17-3/h5,7,14H,4,6H2,1-3H3,(H2,13,15). The van der Waals surface area contributed by atoms with Crippen LogP contribution in [0.15, 0.2) is 6.07 Å². The fourth-order valence-corrected chi connectivity index (χ4v) is 2.47. The Labute approximate surface area is 110 Å². The van der Waals surface area contributed by atoms with Gasteiger partial charge in [0.1, 0.15) is 5.00 Å². The molecule has 1 heterocycles. The summed E-state index contributed by atoms with van der Waals surface area (Å²) in [6.45, 7) is 4.19. The molecule has 6 heteroatoms. The predicted octanol–water partition coefficient (Wildman–Crippen LogP) is 1.63. The van der Waals surface area contributed by atoms with E-state index >= 15 is 0 Å². The summed E-state index contributed by atoms with van der Waals surface area (Å²) in [6, 6.07) is 1.79. The number of anilines is 1. The van der Waals surface area contributed by atoms with Crippen LogP contribution < -0.4 is 11.1 Å². The number of primary amides is 1. The zero-order chi connectivity index (χ0) is 13.7. The number of amides is 1. The number of hydrogen-bond acceptors (Lipinski definition) is 5. The highest BCUT2D eigenvalue weighted by Gasteiger charge is 2.16. The summed E-state index contributed by atoms with van der Waals surface area (Å²) in [4.78, 5) is 23.6. The van der Waals surface area contributed by atoms with Crippen LogP contribution in [0.2, 0.25) is 0 Å². The van der Waals surface area contributed by atoms with Gasteiger partial charge in [-0.2, -0.15) is 0 Å². The molecule has 0 saturated carbocycles. The molecule has 0 aliphatic carbocycles. The minimum atomic E-state index is -0.459. The largest absolute Gasteiger partial charge is 0.469 e. The number of nitrogens with one attached hydrogen (secondary N) is 1. The van der Waals surface area contributed by atoms with Gasteiger partial charge in [-0.25, -0.2) is 0 Å². The number of carbonyl (C=O) groups is 2. The fraction of sp³-hybridized carbons (Fsp3) is 0.500. The maximum Gasteiger partial charge on any atom is 0.310 e. The predicted molar refractivity (Wildman–Crippen MR) is 71.9 cm³/mol. The third-order valence-corrected chi connectivity index (χ3v) is 3.81. The Balaban J connectivity index is 2.74. The first-order valence-electron chi connectivity index (χ1n) is 5.73. The third-order valence-electron chi connectivity index (χ3n) is 2.57. The van der Waals surface area contributed by atoms with E-state index in [4.69, 9.17) is 5.73 Å². The second-order valence-corrected chi connectivity index (χ2v) is 5.12. The molecule has 0 saturated heterocycles. The van der Waals surface area contributed by atoms with Crippen LogP contribution in [0.5, 0.6) is 0 Å². The van der Waals surface area contributed by atoms with E-state index in [1.165, 1.54) is 18.4 Å². The highest BCUT2D eigenvalue weighted by atomic mass is 32.1. The number of aryl methyl sites for hydroxylation is 1. The van der Waals surface area contributed by atoms with Crippen LogP contribution in [0.1, 0.15) is 29.1 Å². The van der Waals surface area contributed by atoms with Crippen molar-refractivity contribution in [2.75, 3.05) is 19.0 Å². The molecular weight excluding hydrogens is 252 g/mol. The van der Waals surface area contributed by atoms with Crippen molar-refractivity contribution in [2.45, 2.75) is 20.3 Å². The first-order valence-corrected chi connectivity index (χ1v) is 6.55. The summed E-state index contributed by atoms with van der Waals surface area (Å²) in [6.07, 6.45) is 0.846. The lowest BCUT2D eigenvalue weighted by molar-refractivity contribution is -0.144. The molecule has 0 fully saturated rings. The van der Waals surface area contributed by atoms with Crippen molar-refractivity contribution >= 4 is 28.2 Å². The number of nitrogens with two attached hydrogens (primary N) is 1. The molecule has 0 spiro atoms. The lowest BCUT2D eigenvalue weighted by Gasteiger charge is -2.10. The number of rotatable bonds is 6. The van der Waals surface area contributed by atoms with Gasteiger partial charge in [0.2, 0.25) is 0 Å².